The Morgan fingerprint density at radius 3 is 2.37 bits per heavy atom. The maximum Gasteiger partial charge on any atom is 0.300 e. The van der Waals surface area contributed by atoms with Crippen LogP contribution in [0.4, 0.5) is 5.69 Å². The third-order valence-electron chi connectivity index (χ3n) is 5.39. The number of carbonyl (C=O) groups excluding carboxylic acids is 2. The summed E-state index contributed by atoms with van der Waals surface area (Å²) in [6, 6.07) is 15.5. The Morgan fingerprint density at radius 2 is 1.77 bits per heavy atom. The highest BCUT2D eigenvalue weighted by Gasteiger charge is 2.47. The average molecular weight is 420 g/mol. The first kappa shape index (κ1) is 19.9. The number of amides is 1. The molecule has 30 heavy (non-hydrogen) atoms. The number of Topliss-reactive ketones (excluding diaryl/α,β-unsaturated/α-hetero) is 1. The molecule has 2 aromatic carbocycles. The molecule has 0 bridgehead atoms. The van der Waals surface area contributed by atoms with Crippen molar-refractivity contribution in [3.05, 3.63) is 87.1 Å². The summed E-state index contributed by atoms with van der Waals surface area (Å²) >= 11 is 1.44. The van der Waals surface area contributed by atoms with Crippen LogP contribution in [-0.4, -0.2) is 23.9 Å². The van der Waals surface area contributed by atoms with Crippen LogP contribution in [-0.2, 0) is 9.59 Å². The zero-order valence-corrected chi connectivity index (χ0v) is 17.7. The quantitative estimate of drug-likeness (QED) is 0.367. The molecule has 1 saturated heterocycles. The first-order valence-electron chi connectivity index (χ1n) is 9.48. The number of ether oxygens (including phenoxy) is 1. The van der Waals surface area contributed by atoms with E-state index in [2.05, 4.69) is 0 Å². The van der Waals surface area contributed by atoms with Crippen molar-refractivity contribution in [1.29, 1.82) is 0 Å². The standard InChI is InChI=1S/C24H21NO4S/c1-14-6-7-16(13-15(14)2)22(26)20-21(19-5-4-12-30-19)25(24(28)23(20)27)17-8-10-18(29-3)11-9-17/h4-13,21,26H,1-3H3/b22-20-. The lowest BCUT2D eigenvalue weighted by atomic mass is 9.97. The molecule has 1 aliphatic rings. The normalized spacial score (nSPS) is 18.1. The Kier molecular flexibility index (Phi) is 5.18. The Balaban J connectivity index is 1.90. The van der Waals surface area contributed by atoms with Gasteiger partial charge in [0.25, 0.3) is 11.7 Å². The molecule has 6 heteroatoms. The number of benzene rings is 2. The summed E-state index contributed by atoms with van der Waals surface area (Å²) in [5.74, 6) is -0.868. The predicted octanol–water partition coefficient (Wildman–Crippen LogP) is 5.00. The Morgan fingerprint density at radius 1 is 1.03 bits per heavy atom. The molecule has 1 atom stereocenters. The molecular formula is C24H21NO4S. The molecule has 1 N–H and O–H groups in total. The fraction of sp³-hybridized carbons (Fsp3) is 0.167. The molecule has 152 valence electrons. The molecule has 5 nitrogen and oxygen atoms in total. The highest BCUT2D eigenvalue weighted by molar-refractivity contribution is 7.10. The average Bonchev–Trinajstić information content (AvgIpc) is 3.37. The largest absolute Gasteiger partial charge is 0.507 e. The molecule has 2 heterocycles. The van der Waals surface area contributed by atoms with Gasteiger partial charge in [-0.1, -0.05) is 18.2 Å². The van der Waals surface area contributed by atoms with E-state index in [1.165, 1.54) is 16.2 Å². The second-order valence-corrected chi connectivity index (χ2v) is 8.16. The first-order valence-corrected chi connectivity index (χ1v) is 10.4. The number of rotatable bonds is 4. The van der Waals surface area contributed by atoms with Gasteiger partial charge in [0.05, 0.1) is 12.7 Å². The number of aliphatic hydroxyl groups is 1. The Labute approximate surface area is 178 Å². The van der Waals surface area contributed by atoms with Gasteiger partial charge in [0.1, 0.15) is 17.6 Å². The summed E-state index contributed by atoms with van der Waals surface area (Å²) in [4.78, 5) is 28.3. The van der Waals surface area contributed by atoms with Gasteiger partial charge in [-0.05, 0) is 66.8 Å². The van der Waals surface area contributed by atoms with Crippen molar-refractivity contribution < 1.29 is 19.4 Å². The van der Waals surface area contributed by atoms with Crippen molar-refractivity contribution in [1.82, 2.24) is 0 Å². The number of aliphatic hydroxyl groups excluding tert-OH is 1. The van der Waals surface area contributed by atoms with Gasteiger partial charge in [-0.2, -0.15) is 0 Å². The molecule has 0 radical (unpaired) electrons. The molecule has 0 spiro atoms. The number of nitrogens with zero attached hydrogens (tertiary/aromatic N) is 1. The van der Waals surface area contributed by atoms with Gasteiger partial charge >= 0.3 is 0 Å². The van der Waals surface area contributed by atoms with Crippen molar-refractivity contribution >= 4 is 34.5 Å². The number of anilines is 1. The molecule has 0 saturated carbocycles. The number of hydrogen-bond donors (Lipinski definition) is 1. The maximum atomic E-state index is 13.1. The third-order valence-corrected chi connectivity index (χ3v) is 6.31. The van der Waals surface area contributed by atoms with Gasteiger partial charge < -0.3 is 9.84 Å². The van der Waals surface area contributed by atoms with E-state index in [0.29, 0.717) is 17.0 Å². The van der Waals surface area contributed by atoms with E-state index < -0.39 is 17.7 Å². The Hall–Kier alpha value is -3.38. The lowest BCUT2D eigenvalue weighted by molar-refractivity contribution is -0.132. The van der Waals surface area contributed by atoms with E-state index >= 15 is 0 Å². The fourth-order valence-corrected chi connectivity index (χ4v) is 4.43. The van der Waals surface area contributed by atoms with E-state index in [1.54, 1.807) is 37.4 Å². The molecule has 1 amide bonds. The zero-order chi connectivity index (χ0) is 21.4. The number of ketones is 1. The molecule has 1 fully saturated rings. The van der Waals surface area contributed by atoms with E-state index in [4.69, 9.17) is 4.74 Å². The molecular weight excluding hydrogens is 398 g/mol. The molecule has 1 aliphatic heterocycles. The minimum absolute atomic E-state index is 0.0986. The second-order valence-electron chi connectivity index (χ2n) is 7.18. The molecule has 3 aromatic rings. The number of thiophene rings is 1. The Bertz CT molecular complexity index is 1150. The van der Waals surface area contributed by atoms with Crippen molar-refractivity contribution in [3.63, 3.8) is 0 Å². The molecule has 4 rings (SSSR count). The van der Waals surface area contributed by atoms with Gasteiger partial charge in [-0.15, -0.1) is 11.3 Å². The first-order chi connectivity index (χ1) is 14.4. The van der Waals surface area contributed by atoms with Crippen molar-refractivity contribution in [2.75, 3.05) is 12.0 Å². The smallest absolute Gasteiger partial charge is 0.300 e. The van der Waals surface area contributed by atoms with Gasteiger partial charge in [-0.25, -0.2) is 0 Å². The van der Waals surface area contributed by atoms with Crippen LogP contribution in [0.5, 0.6) is 5.75 Å². The summed E-state index contributed by atoms with van der Waals surface area (Å²) in [6.07, 6.45) is 0. The highest BCUT2D eigenvalue weighted by atomic mass is 32.1. The SMILES string of the molecule is COc1ccc(N2C(=O)C(=O)/C(=C(\O)c3ccc(C)c(C)c3)C2c2cccs2)cc1. The molecule has 0 aliphatic carbocycles. The third kappa shape index (κ3) is 3.29. The summed E-state index contributed by atoms with van der Waals surface area (Å²) in [7, 11) is 1.57. The maximum absolute atomic E-state index is 13.1. The summed E-state index contributed by atoms with van der Waals surface area (Å²) in [5, 5.41) is 13.0. The predicted molar refractivity (Wildman–Crippen MR) is 118 cm³/mol. The van der Waals surface area contributed by atoms with E-state index in [1.807, 2.05) is 43.5 Å². The number of carbonyl (C=O) groups is 2. The monoisotopic (exact) mass is 419 g/mol. The number of hydrogen-bond acceptors (Lipinski definition) is 5. The van der Waals surface area contributed by atoms with Crippen LogP contribution in [0.2, 0.25) is 0 Å². The lowest BCUT2D eigenvalue weighted by Gasteiger charge is -2.24. The zero-order valence-electron chi connectivity index (χ0n) is 16.9. The van der Waals surface area contributed by atoms with E-state index in [0.717, 1.165) is 16.0 Å². The van der Waals surface area contributed by atoms with Gasteiger partial charge in [0, 0.05) is 16.1 Å². The van der Waals surface area contributed by atoms with Gasteiger partial charge in [0.2, 0.25) is 0 Å². The van der Waals surface area contributed by atoms with Crippen LogP contribution < -0.4 is 9.64 Å². The number of aryl methyl sites for hydroxylation is 2. The van der Waals surface area contributed by atoms with Gasteiger partial charge in [-0.3, -0.25) is 14.5 Å². The van der Waals surface area contributed by atoms with Crippen molar-refractivity contribution in [3.8, 4) is 5.75 Å². The van der Waals surface area contributed by atoms with Crippen LogP contribution in [0.25, 0.3) is 5.76 Å². The highest BCUT2D eigenvalue weighted by Crippen LogP contribution is 2.43. The summed E-state index contributed by atoms with van der Waals surface area (Å²) in [5.41, 5.74) is 3.26. The van der Waals surface area contributed by atoms with E-state index in [9.17, 15) is 14.7 Å². The summed E-state index contributed by atoms with van der Waals surface area (Å²) in [6.45, 7) is 3.92. The van der Waals surface area contributed by atoms with E-state index in [-0.39, 0.29) is 11.3 Å². The summed E-state index contributed by atoms with van der Waals surface area (Å²) < 4.78 is 5.20. The van der Waals surface area contributed by atoms with Crippen LogP contribution in [0.3, 0.4) is 0 Å². The fourth-order valence-electron chi connectivity index (χ4n) is 3.60. The molecule has 1 unspecified atom stereocenters. The minimum atomic E-state index is -0.694. The van der Waals surface area contributed by atoms with Crippen LogP contribution in [0.15, 0.2) is 65.6 Å². The number of methoxy groups -OCH3 is 1. The van der Waals surface area contributed by atoms with Crippen molar-refractivity contribution in [2.24, 2.45) is 0 Å². The minimum Gasteiger partial charge on any atom is -0.507 e. The second kappa shape index (κ2) is 7.80. The van der Waals surface area contributed by atoms with Crippen LogP contribution in [0.1, 0.15) is 27.6 Å². The van der Waals surface area contributed by atoms with Crippen LogP contribution >= 0.6 is 11.3 Å². The van der Waals surface area contributed by atoms with Crippen molar-refractivity contribution in [2.45, 2.75) is 19.9 Å². The van der Waals surface area contributed by atoms with Gasteiger partial charge in [0.15, 0.2) is 0 Å². The molecule has 1 aromatic heterocycles. The lowest BCUT2D eigenvalue weighted by Crippen LogP contribution is -2.29. The van der Waals surface area contributed by atoms with Crippen LogP contribution in [0, 0.1) is 13.8 Å². The topological polar surface area (TPSA) is 66.8 Å².